The molecule has 10 heteroatoms. The van der Waals surface area contributed by atoms with E-state index in [0.717, 1.165) is 0 Å². The van der Waals surface area contributed by atoms with Crippen molar-refractivity contribution >= 4 is 23.4 Å². The number of carbonyl (C=O) groups excluding carboxylic acids is 2. The van der Waals surface area contributed by atoms with Crippen molar-refractivity contribution in [2.24, 2.45) is 0 Å². The molecule has 1 aliphatic rings. The first-order valence-electron chi connectivity index (χ1n) is 9.63. The zero-order chi connectivity index (χ0) is 21.3. The Morgan fingerprint density at radius 1 is 1.13 bits per heavy atom. The van der Waals surface area contributed by atoms with Crippen LogP contribution in [0.1, 0.15) is 30.4 Å². The highest BCUT2D eigenvalue weighted by Gasteiger charge is 2.32. The van der Waals surface area contributed by atoms with Crippen molar-refractivity contribution in [3.63, 3.8) is 0 Å². The number of urea groups is 1. The predicted molar refractivity (Wildman–Crippen MR) is 111 cm³/mol. The molecule has 154 valence electrons. The highest BCUT2D eigenvalue weighted by molar-refractivity contribution is 6.05. The monoisotopic (exact) mass is 406 g/mol. The van der Waals surface area contributed by atoms with Crippen molar-refractivity contribution in [2.75, 3.05) is 29.9 Å². The minimum absolute atomic E-state index is 0.189. The number of pyridine rings is 2. The fraction of sp³-hybridized carbons (Fsp3) is 0.300. The molecule has 1 aliphatic heterocycles. The molecule has 0 aromatic carbocycles. The van der Waals surface area contributed by atoms with Crippen LogP contribution in [0.25, 0.3) is 11.5 Å². The van der Waals surface area contributed by atoms with Gasteiger partial charge in [-0.15, -0.1) is 10.2 Å². The molecule has 0 spiro atoms. The van der Waals surface area contributed by atoms with Crippen molar-refractivity contribution in [1.82, 2.24) is 30.0 Å². The Bertz CT molecular complexity index is 1080. The minimum Gasteiger partial charge on any atom is -0.354 e. The largest absolute Gasteiger partial charge is 0.354 e. The van der Waals surface area contributed by atoms with E-state index in [4.69, 9.17) is 0 Å². The maximum absolute atomic E-state index is 13.0. The zero-order valence-electron chi connectivity index (χ0n) is 17.0. The fourth-order valence-corrected chi connectivity index (χ4v) is 3.30. The maximum Gasteiger partial charge on any atom is 0.330 e. The summed E-state index contributed by atoms with van der Waals surface area (Å²) < 4.78 is 1.93. The SMILES string of the molecule is CNC(=O)c1ccc(N2CCN(c3cccc(-c4nncn4C(C)C)n3)C2=O)cn1. The molecular formula is C20H22N8O2. The van der Waals surface area contributed by atoms with Gasteiger partial charge in [0.2, 0.25) is 0 Å². The Morgan fingerprint density at radius 2 is 1.93 bits per heavy atom. The van der Waals surface area contributed by atoms with E-state index in [9.17, 15) is 9.59 Å². The smallest absolute Gasteiger partial charge is 0.330 e. The third-order valence-electron chi connectivity index (χ3n) is 4.90. The van der Waals surface area contributed by atoms with E-state index in [1.807, 2.05) is 30.5 Å². The summed E-state index contributed by atoms with van der Waals surface area (Å²) >= 11 is 0. The number of nitrogens with zero attached hydrogens (tertiary/aromatic N) is 7. The molecule has 4 rings (SSSR count). The van der Waals surface area contributed by atoms with Crippen molar-refractivity contribution in [2.45, 2.75) is 19.9 Å². The number of aromatic nitrogens is 5. The van der Waals surface area contributed by atoms with Gasteiger partial charge in [-0.3, -0.25) is 14.6 Å². The number of hydrogen-bond acceptors (Lipinski definition) is 6. The molecule has 0 atom stereocenters. The topological polar surface area (TPSA) is 109 Å². The lowest BCUT2D eigenvalue weighted by atomic mass is 10.3. The summed E-state index contributed by atoms with van der Waals surface area (Å²) in [6, 6.07) is 8.82. The molecule has 1 fully saturated rings. The molecule has 4 heterocycles. The highest BCUT2D eigenvalue weighted by Crippen LogP contribution is 2.26. The highest BCUT2D eigenvalue weighted by atomic mass is 16.2. The van der Waals surface area contributed by atoms with Crippen LogP contribution in [0.15, 0.2) is 42.9 Å². The average Bonchev–Trinajstić information content (AvgIpc) is 3.40. The number of anilines is 2. The average molecular weight is 406 g/mol. The van der Waals surface area contributed by atoms with Gasteiger partial charge < -0.3 is 9.88 Å². The van der Waals surface area contributed by atoms with E-state index in [2.05, 4.69) is 25.5 Å². The molecule has 0 saturated carbocycles. The fourth-order valence-electron chi connectivity index (χ4n) is 3.30. The van der Waals surface area contributed by atoms with Crippen LogP contribution in [0.3, 0.4) is 0 Å². The van der Waals surface area contributed by atoms with Crippen LogP contribution in [0.4, 0.5) is 16.3 Å². The van der Waals surface area contributed by atoms with Gasteiger partial charge in [0.1, 0.15) is 23.5 Å². The van der Waals surface area contributed by atoms with Crippen LogP contribution >= 0.6 is 0 Å². The molecule has 0 unspecified atom stereocenters. The number of nitrogens with one attached hydrogen (secondary N) is 1. The summed E-state index contributed by atoms with van der Waals surface area (Å²) in [5.74, 6) is 0.934. The van der Waals surface area contributed by atoms with Gasteiger partial charge in [-0.2, -0.15) is 0 Å². The molecule has 0 aliphatic carbocycles. The van der Waals surface area contributed by atoms with E-state index in [1.54, 1.807) is 41.4 Å². The van der Waals surface area contributed by atoms with Crippen LogP contribution in [0, 0.1) is 0 Å². The predicted octanol–water partition coefficient (Wildman–Crippen LogP) is 2.12. The molecule has 30 heavy (non-hydrogen) atoms. The molecule has 3 aromatic heterocycles. The number of rotatable bonds is 5. The van der Waals surface area contributed by atoms with Gasteiger partial charge in [0.15, 0.2) is 5.82 Å². The maximum atomic E-state index is 13.0. The van der Waals surface area contributed by atoms with E-state index in [-0.39, 0.29) is 18.0 Å². The molecule has 1 N–H and O–H groups in total. The summed E-state index contributed by atoms with van der Waals surface area (Å²) in [4.78, 5) is 36.7. The lowest BCUT2D eigenvalue weighted by molar-refractivity contribution is 0.0958. The van der Waals surface area contributed by atoms with E-state index in [1.165, 1.54) is 6.20 Å². The first-order valence-corrected chi connectivity index (χ1v) is 9.63. The van der Waals surface area contributed by atoms with Crippen molar-refractivity contribution in [1.29, 1.82) is 0 Å². The molecule has 0 radical (unpaired) electrons. The van der Waals surface area contributed by atoms with Crippen molar-refractivity contribution in [3.8, 4) is 11.5 Å². The molecule has 10 nitrogen and oxygen atoms in total. The second kappa shape index (κ2) is 7.90. The molecule has 0 bridgehead atoms. The number of hydrogen-bond donors (Lipinski definition) is 1. The second-order valence-corrected chi connectivity index (χ2v) is 7.10. The van der Waals surface area contributed by atoms with Gasteiger partial charge in [-0.05, 0) is 38.1 Å². The lowest BCUT2D eigenvalue weighted by Crippen LogP contribution is -2.32. The van der Waals surface area contributed by atoms with Gasteiger partial charge in [0, 0.05) is 26.2 Å². The second-order valence-electron chi connectivity index (χ2n) is 7.10. The van der Waals surface area contributed by atoms with Crippen LogP contribution in [-0.2, 0) is 0 Å². The minimum atomic E-state index is -0.272. The summed E-state index contributed by atoms with van der Waals surface area (Å²) in [5.41, 5.74) is 1.58. The van der Waals surface area contributed by atoms with E-state index < -0.39 is 0 Å². The standard InChI is InChI=1S/C20H22N8O2/c1-13(2)28-12-23-25-18(28)15-5-4-6-17(24-15)27-10-9-26(20(27)30)14-7-8-16(22-11-14)19(29)21-3/h4-8,11-13H,9-10H2,1-3H3,(H,21,29). The first-order chi connectivity index (χ1) is 14.5. The van der Waals surface area contributed by atoms with Gasteiger partial charge in [0.25, 0.3) is 5.91 Å². The van der Waals surface area contributed by atoms with Gasteiger partial charge in [-0.25, -0.2) is 14.8 Å². The van der Waals surface area contributed by atoms with E-state index in [0.29, 0.717) is 41.8 Å². The molecule has 1 saturated heterocycles. The van der Waals surface area contributed by atoms with Crippen LogP contribution in [-0.4, -0.2) is 56.8 Å². The normalized spacial score (nSPS) is 13.9. The molecular weight excluding hydrogens is 384 g/mol. The third-order valence-corrected chi connectivity index (χ3v) is 4.90. The van der Waals surface area contributed by atoms with Gasteiger partial charge in [0.05, 0.1) is 11.9 Å². The Morgan fingerprint density at radius 3 is 2.63 bits per heavy atom. The Hall–Kier alpha value is -3.82. The van der Waals surface area contributed by atoms with Crippen molar-refractivity contribution in [3.05, 3.63) is 48.5 Å². The summed E-state index contributed by atoms with van der Waals surface area (Å²) in [6.07, 6.45) is 3.20. The summed E-state index contributed by atoms with van der Waals surface area (Å²) in [7, 11) is 1.55. The van der Waals surface area contributed by atoms with Crippen molar-refractivity contribution < 1.29 is 9.59 Å². The van der Waals surface area contributed by atoms with Crippen LogP contribution in [0.5, 0.6) is 0 Å². The number of carbonyl (C=O) groups is 2. The zero-order valence-corrected chi connectivity index (χ0v) is 17.0. The Labute approximate surface area is 173 Å². The summed E-state index contributed by atoms with van der Waals surface area (Å²) in [5, 5.41) is 10.7. The van der Waals surface area contributed by atoms with Gasteiger partial charge >= 0.3 is 6.03 Å². The third kappa shape index (κ3) is 3.47. The Balaban J connectivity index is 1.57. The van der Waals surface area contributed by atoms with E-state index >= 15 is 0 Å². The lowest BCUT2D eigenvalue weighted by Gasteiger charge is -2.18. The van der Waals surface area contributed by atoms with Crippen LogP contribution < -0.4 is 15.1 Å². The molecule has 3 aromatic rings. The van der Waals surface area contributed by atoms with Gasteiger partial charge in [-0.1, -0.05) is 6.07 Å². The first kappa shape index (κ1) is 19.5. The quantitative estimate of drug-likeness (QED) is 0.695. The summed E-state index contributed by atoms with van der Waals surface area (Å²) in [6.45, 7) is 5.07. The molecule has 3 amide bonds. The number of amides is 3. The van der Waals surface area contributed by atoms with Crippen LogP contribution in [0.2, 0.25) is 0 Å². The Kier molecular flexibility index (Phi) is 5.13.